The zero-order valence-corrected chi connectivity index (χ0v) is 13.5. The molecule has 0 fully saturated rings. The molecule has 0 saturated carbocycles. The van der Waals surface area contributed by atoms with Gasteiger partial charge in [0.05, 0.1) is 13.2 Å². The highest BCUT2D eigenvalue weighted by Crippen LogP contribution is 2.21. The van der Waals surface area contributed by atoms with Gasteiger partial charge < -0.3 is 9.47 Å². The Labute approximate surface area is 124 Å². The molecule has 0 bridgehead atoms. The van der Waals surface area contributed by atoms with Crippen LogP contribution in [0, 0.1) is 11.8 Å². The SMILES string of the molecule is CCCC(C)COc1cccc(OCC(C)CCC)c1. The van der Waals surface area contributed by atoms with Crippen molar-refractivity contribution in [1.29, 1.82) is 0 Å². The summed E-state index contributed by atoms with van der Waals surface area (Å²) in [5.74, 6) is 3.03. The van der Waals surface area contributed by atoms with Crippen molar-refractivity contribution in [3.8, 4) is 11.5 Å². The Kier molecular flexibility index (Phi) is 8.17. The van der Waals surface area contributed by atoms with Crippen molar-refractivity contribution < 1.29 is 9.47 Å². The molecule has 2 nitrogen and oxygen atoms in total. The average Bonchev–Trinajstić information content (AvgIpc) is 2.44. The molecule has 0 heterocycles. The van der Waals surface area contributed by atoms with Gasteiger partial charge in [0.25, 0.3) is 0 Å². The van der Waals surface area contributed by atoms with Gasteiger partial charge in [-0.2, -0.15) is 0 Å². The van der Waals surface area contributed by atoms with Gasteiger partial charge in [0.15, 0.2) is 0 Å². The van der Waals surface area contributed by atoms with Gasteiger partial charge in [0, 0.05) is 6.07 Å². The Hall–Kier alpha value is -1.18. The van der Waals surface area contributed by atoms with Crippen LogP contribution in [0.3, 0.4) is 0 Å². The van der Waals surface area contributed by atoms with Crippen molar-refractivity contribution >= 4 is 0 Å². The normalized spacial score (nSPS) is 13.8. The van der Waals surface area contributed by atoms with Gasteiger partial charge in [0.1, 0.15) is 11.5 Å². The quantitative estimate of drug-likeness (QED) is 0.577. The van der Waals surface area contributed by atoms with Crippen molar-refractivity contribution in [3.05, 3.63) is 24.3 Å². The summed E-state index contributed by atoms with van der Waals surface area (Å²) in [6.07, 6.45) is 4.85. The van der Waals surface area contributed by atoms with Crippen LogP contribution in [0.15, 0.2) is 24.3 Å². The molecule has 0 saturated heterocycles. The third-order valence-electron chi connectivity index (χ3n) is 3.44. The van der Waals surface area contributed by atoms with E-state index in [1.54, 1.807) is 0 Å². The second kappa shape index (κ2) is 9.68. The molecule has 0 aromatic heterocycles. The van der Waals surface area contributed by atoms with Gasteiger partial charge in [-0.25, -0.2) is 0 Å². The van der Waals surface area contributed by atoms with E-state index < -0.39 is 0 Å². The lowest BCUT2D eigenvalue weighted by Crippen LogP contribution is -2.09. The van der Waals surface area contributed by atoms with Crippen molar-refractivity contribution in [3.63, 3.8) is 0 Å². The highest BCUT2D eigenvalue weighted by atomic mass is 16.5. The summed E-state index contributed by atoms with van der Waals surface area (Å²) in [5.41, 5.74) is 0. The molecule has 0 aliphatic rings. The van der Waals surface area contributed by atoms with E-state index in [1.807, 2.05) is 24.3 Å². The maximum Gasteiger partial charge on any atom is 0.122 e. The van der Waals surface area contributed by atoms with Crippen LogP contribution in [0.4, 0.5) is 0 Å². The van der Waals surface area contributed by atoms with E-state index in [9.17, 15) is 0 Å². The zero-order valence-electron chi connectivity index (χ0n) is 13.5. The van der Waals surface area contributed by atoms with Gasteiger partial charge in [0.2, 0.25) is 0 Å². The van der Waals surface area contributed by atoms with Crippen LogP contribution >= 0.6 is 0 Å². The van der Waals surface area contributed by atoms with Gasteiger partial charge in [-0.05, 0) is 36.8 Å². The number of hydrogen-bond donors (Lipinski definition) is 0. The third kappa shape index (κ3) is 6.83. The Bertz CT molecular complexity index is 331. The lowest BCUT2D eigenvalue weighted by molar-refractivity contribution is 0.240. The molecule has 0 aliphatic heterocycles. The first kappa shape index (κ1) is 16.9. The smallest absolute Gasteiger partial charge is 0.122 e. The maximum absolute atomic E-state index is 5.84. The van der Waals surface area contributed by atoms with Crippen molar-refractivity contribution in [2.45, 2.75) is 53.4 Å². The molecule has 2 atom stereocenters. The molecule has 1 aromatic carbocycles. The molecule has 0 amide bonds. The van der Waals surface area contributed by atoms with Crippen LogP contribution in [0.1, 0.15) is 53.4 Å². The molecular formula is C18H30O2. The van der Waals surface area contributed by atoms with Crippen molar-refractivity contribution in [2.75, 3.05) is 13.2 Å². The van der Waals surface area contributed by atoms with Gasteiger partial charge >= 0.3 is 0 Å². The third-order valence-corrected chi connectivity index (χ3v) is 3.44. The van der Waals surface area contributed by atoms with E-state index in [2.05, 4.69) is 27.7 Å². The van der Waals surface area contributed by atoms with E-state index >= 15 is 0 Å². The molecule has 1 aromatic rings. The minimum absolute atomic E-state index is 0.606. The number of rotatable bonds is 10. The Morgan fingerprint density at radius 3 is 1.70 bits per heavy atom. The number of hydrogen-bond acceptors (Lipinski definition) is 2. The molecule has 1 rings (SSSR count). The fourth-order valence-electron chi connectivity index (χ4n) is 2.28. The van der Waals surface area contributed by atoms with Crippen LogP contribution in [-0.2, 0) is 0 Å². The Morgan fingerprint density at radius 1 is 0.850 bits per heavy atom. The first-order valence-corrected chi connectivity index (χ1v) is 8.01. The largest absolute Gasteiger partial charge is 0.493 e. The van der Waals surface area contributed by atoms with E-state index in [1.165, 1.54) is 25.7 Å². The molecule has 2 unspecified atom stereocenters. The molecule has 114 valence electrons. The number of benzene rings is 1. The Balaban J connectivity index is 2.41. The molecule has 0 spiro atoms. The van der Waals surface area contributed by atoms with Gasteiger partial charge in [-0.3, -0.25) is 0 Å². The minimum Gasteiger partial charge on any atom is -0.493 e. The van der Waals surface area contributed by atoms with E-state index in [-0.39, 0.29) is 0 Å². The van der Waals surface area contributed by atoms with E-state index in [0.29, 0.717) is 11.8 Å². The summed E-state index contributed by atoms with van der Waals surface area (Å²) in [4.78, 5) is 0. The van der Waals surface area contributed by atoms with Crippen LogP contribution in [0.2, 0.25) is 0 Å². The van der Waals surface area contributed by atoms with Crippen LogP contribution < -0.4 is 9.47 Å². The number of ether oxygens (including phenoxy) is 2. The predicted octanol–water partition coefficient (Wildman–Crippen LogP) is 5.32. The predicted molar refractivity (Wildman–Crippen MR) is 85.6 cm³/mol. The highest BCUT2D eigenvalue weighted by molar-refractivity contribution is 5.32. The second-order valence-corrected chi connectivity index (χ2v) is 5.88. The monoisotopic (exact) mass is 278 g/mol. The molecule has 0 radical (unpaired) electrons. The molecule has 0 N–H and O–H groups in total. The Morgan fingerprint density at radius 2 is 1.30 bits per heavy atom. The van der Waals surface area contributed by atoms with Crippen LogP contribution in [-0.4, -0.2) is 13.2 Å². The van der Waals surface area contributed by atoms with Crippen molar-refractivity contribution in [2.24, 2.45) is 11.8 Å². The van der Waals surface area contributed by atoms with Crippen molar-refractivity contribution in [1.82, 2.24) is 0 Å². The van der Waals surface area contributed by atoms with E-state index in [4.69, 9.17) is 9.47 Å². The first-order chi connectivity index (χ1) is 9.65. The maximum atomic E-state index is 5.84. The van der Waals surface area contributed by atoms with Crippen LogP contribution in [0.5, 0.6) is 11.5 Å². The van der Waals surface area contributed by atoms with Gasteiger partial charge in [-0.1, -0.05) is 46.6 Å². The molecule has 0 aliphatic carbocycles. The zero-order chi connectivity index (χ0) is 14.8. The van der Waals surface area contributed by atoms with E-state index in [0.717, 1.165) is 24.7 Å². The van der Waals surface area contributed by atoms with Gasteiger partial charge in [-0.15, -0.1) is 0 Å². The first-order valence-electron chi connectivity index (χ1n) is 8.01. The fraction of sp³-hybridized carbons (Fsp3) is 0.667. The topological polar surface area (TPSA) is 18.5 Å². The standard InChI is InChI=1S/C18H30O2/c1-5-8-15(3)13-19-17-10-7-11-18(12-17)20-14-16(4)9-6-2/h7,10-12,15-16H,5-6,8-9,13-14H2,1-4H3. The lowest BCUT2D eigenvalue weighted by atomic mass is 10.1. The lowest BCUT2D eigenvalue weighted by Gasteiger charge is -2.14. The summed E-state index contributed by atoms with van der Waals surface area (Å²) < 4.78 is 11.7. The second-order valence-electron chi connectivity index (χ2n) is 5.88. The summed E-state index contributed by atoms with van der Waals surface area (Å²) in [6.45, 7) is 10.4. The minimum atomic E-state index is 0.606. The van der Waals surface area contributed by atoms with Crippen LogP contribution in [0.25, 0.3) is 0 Å². The fourth-order valence-corrected chi connectivity index (χ4v) is 2.28. The summed E-state index contributed by atoms with van der Waals surface area (Å²) >= 11 is 0. The summed E-state index contributed by atoms with van der Waals surface area (Å²) in [7, 11) is 0. The molecule has 2 heteroatoms. The summed E-state index contributed by atoms with van der Waals surface area (Å²) in [6, 6.07) is 8.00. The molecular weight excluding hydrogens is 248 g/mol. The average molecular weight is 278 g/mol. The molecule has 20 heavy (non-hydrogen) atoms. The highest BCUT2D eigenvalue weighted by Gasteiger charge is 2.05. The summed E-state index contributed by atoms with van der Waals surface area (Å²) in [5, 5.41) is 0.